The lowest BCUT2D eigenvalue weighted by Crippen LogP contribution is -2.49. The van der Waals surface area contributed by atoms with Crippen LogP contribution in [0.3, 0.4) is 0 Å². The van der Waals surface area contributed by atoms with E-state index in [-0.39, 0.29) is 25.0 Å². The van der Waals surface area contributed by atoms with Crippen LogP contribution in [0, 0.1) is 11.8 Å². The molecule has 0 saturated carbocycles. The number of benzene rings is 1. The number of hydrogen-bond donors (Lipinski definition) is 2. The van der Waals surface area contributed by atoms with Crippen molar-refractivity contribution in [2.45, 2.75) is 19.9 Å². The Morgan fingerprint density at radius 2 is 2.16 bits per heavy atom. The van der Waals surface area contributed by atoms with Crippen molar-refractivity contribution >= 4 is 34.6 Å². The second-order valence-electron chi connectivity index (χ2n) is 6.63. The van der Waals surface area contributed by atoms with E-state index >= 15 is 0 Å². The van der Waals surface area contributed by atoms with Crippen LogP contribution in [0.2, 0.25) is 5.02 Å². The maximum atomic E-state index is 12.4. The first-order chi connectivity index (χ1) is 11.9. The molecule has 25 heavy (non-hydrogen) atoms. The Labute approximate surface area is 150 Å². The number of likely N-dealkylation sites (tertiary alicyclic amines) is 1. The number of para-hydroxylation sites is 1. The van der Waals surface area contributed by atoms with Gasteiger partial charge in [-0.25, -0.2) is 9.78 Å². The third-order valence-electron chi connectivity index (χ3n) is 4.63. The number of nitrogens with zero attached hydrogens (tertiary/aromatic N) is 3. The molecule has 1 aliphatic rings. The van der Waals surface area contributed by atoms with Crippen molar-refractivity contribution in [2.75, 3.05) is 13.1 Å². The Morgan fingerprint density at radius 1 is 1.40 bits per heavy atom. The largest absolute Gasteiger partial charge is 0.481 e. The number of rotatable bonds is 3. The fourth-order valence-electron chi connectivity index (χ4n) is 3.39. The molecule has 2 heterocycles. The predicted octanol–water partition coefficient (Wildman–Crippen LogP) is 2.48. The lowest BCUT2D eigenvalue weighted by molar-refractivity contribution is -0.143. The molecular weight excluding hydrogens is 344 g/mol. The number of carboxylic acids is 1. The summed E-state index contributed by atoms with van der Waals surface area (Å²) in [6.45, 7) is 3.01. The molecule has 2 aromatic rings. The summed E-state index contributed by atoms with van der Waals surface area (Å²) in [5.74, 6) is -0.509. The van der Waals surface area contributed by atoms with Crippen LogP contribution in [0.1, 0.15) is 19.2 Å². The van der Waals surface area contributed by atoms with Crippen molar-refractivity contribution in [1.29, 1.82) is 0 Å². The third kappa shape index (κ3) is 3.56. The summed E-state index contributed by atoms with van der Waals surface area (Å²) in [6, 6.07) is 5.24. The Bertz CT molecular complexity index is 820. The molecule has 0 spiro atoms. The van der Waals surface area contributed by atoms with Gasteiger partial charge in [0.05, 0.1) is 28.5 Å². The van der Waals surface area contributed by atoms with Gasteiger partial charge in [-0.15, -0.1) is 0 Å². The van der Waals surface area contributed by atoms with E-state index in [0.717, 1.165) is 11.0 Å². The number of aryl methyl sites for hydroxylation is 1. The van der Waals surface area contributed by atoms with E-state index in [1.165, 1.54) is 0 Å². The van der Waals surface area contributed by atoms with Gasteiger partial charge in [0.15, 0.2) is 0 Å². The van der Waals surface area contributed by atoms with E-state index in [9.17, 15) is 14.7 Å². The van der Waals surface area contributed by atoms with Gasteiger partial charge in [-0.2, -0.15) is 0 Å². The maximum Gasteiger partial charge on any atom is 0.317 e. The van der Waals surface area contributed by atoms with E-state index in [0.29, 0.717) is 23.8 Å². The standard InChI is InChI=1S/C17H21ClN4O3/c1-10-6-11(16(23)24)9-22(8-10)17(25)19-7-14-20-13-5-3-4-12(18)15(13)21(14)2/h3-5,10-11H,6-9H2,1-2H3,(H,19,25)(H,23,24). The van der Waals surface area contributed by atoms with Crippen molar-refractivity contribution < 1.29 is 14.7 Å². The topological polar surface area (TPSA) is 87.5 Å². The van der Waals surface area contributed by atoms with E-state index < -0.39 is 11.9 Å². The van der Waals surface area contributed by atoms with Crippen LogP contribution in [-0.2, 0) is 18.4 Å². The number of aliphatic carboxylic acids is 1. The average Bonchev–Trinajstić information content (AvgIpc) is 2.89. The first-order valence-electron chi connectivity index (χ1n) is 8.22. The summed E-state index contributed by atoms with van der Waals surface area (Å²) in [7, 11) is 1.85. The number of amides is 2. The summed E-state index contributed by atoms with van der Waals surface area (Å²) in [5, 5.41) is 12.7. The molecule has 134 valence electrons. The molecule has 1 aromatic carbocycles. The van der Waals surface area contributed by atoms with Crippen LogP contribution in [0.25, 0.3) is 11.0 Å². The number of aromatic nitrogens is 2. The molecule has 1 fully saturated rings. The first-order valence-corrected chi connectivity index (χ1v) is 8.60. The molecule has 7 nitrogen and oxygen atoms in total. The Morgan fingerprint density at radius 3 is 2.84 bits per heavy atom. The number of hydrogen-bond acceptors (Lipinski definition) is 3. The number of nitrogens with one attached hydrogen (secondary N) is 1. The molecule has 8 heteroatoms. The summed E-state index contributed by atoms with van der Waals surface area (Å²) in [5.41, 5.74) is 1.60. The highest BCUT2D eigenvalue weighted by Crippen LogP contribution is 2.24. The normalized spacial score (nSPS) is 20.7. The van der Waals surface area contributed by atoms with Gasteiger partial charge in [-0.05, 0) is 24.5 Å². The zero-order chi connectivity index (χ0) is 18.1. The fraction of sp³-hybridized carbons (Fsp3) is 0.471. The zero-order valence-electron chi connectivity index (χ0n) is 14.2. The average molecular weight is 365 g/mol. The van der Waals surface area contributed by atoms with Crippen molar-refractivity contribution in [2.24, 2.45) is 18.9 Å². The van der Waals surface area contributed by atoms with Crippen LogP contribution in [-0.4, -0.2) is 44.6 Å². The minimum Gasteiger partial charge on any atom is -0.481 e. The molecule has 0 bridgehead atoms. The molecular formula is C17H21ClN4O3. The molecule has 1 saturated heterocycles. The molecule has 1 aliphatic heterocycles. The van der Waals surface area contributed by atoms with Gasteiger partial charge in [0, 0.05) is 20.1 Å². The summed E-state index contributed by atoms with van der Waals surface area (Å²) in [4.78, 5) is 29.7. The van der Waals surface area contributed by atoms with Crippen LogP contribution in [0.5, 0.6) is 0 Å². The minimum atomic E-state index is -0.852. The smallest absolute Gasteiger partial charge is 0.317 e. The molecule has 2 amide bonds. The van der Waals surface area contributed by atoms with Crippen LogP contribution < -0.4 is 5.32 Å². The Balaban J connectivity index is 1.69. The van der Waals surface area contributed by atoms with Gasteiger partial charge in [0.25, 0.3) is 0 Å². The summed E-state index contributed by atoms with van der Waals surface area (Å²) in [6.07, 6.45) is 0.600. The highest BCUT2D eigenvalue weighted by Gasteiger charge is 2.31. The van der Waals surface area contributed by atoms with Crippen molar-refractivity contribution in [3.63, 3.8) is 0 Å². The molecule has 0 radical (unpaired) electrons. The number of halogens is 1. The number of piperidine rings is 1. The van der Waals surface area contributed by atoms with E-state index in [4.69, 9.17) is 11.6 Å². The van der Waals surface area contributed by atoms with E-state index in [1.54, 1.807) is 11.0 Å². The second-order valence-corrected chi connectivity index (χ2v) is 7.04. The predicted molar refractivity (Wildman–Crippen MR) is 94.4 cm³/mol. The molecule has 2 unspecified atom stereocenters. The molecule has 2 atom stereocenters. The van der Waals surface area contributed by atoms with Crippen molar-refractivity contribution in [3.05, 3.63) is 29.0 Å². The number of carbonyl (C=O) groups excluding carboxylic acids is 1. The number of carbonyl (C=O) groups is 2. The Kier molecular flexibility index (Phi) is 4.85. The zero-order valence-corrected chi connectivity index (χ0v) is 15.0. The molecule has 2 N–H and O–H groups in total. The van der Waals surface area contributed by atoms with Gasteiger partial charge in [-0.3, -0.25) is 4.79 Å². The maximum absolute atomic E-state index is 12.4. The van der Waals surface area contributed by atoms with Crippen LogP contribution >= 0.6 is 11.6 Å². The summed E-state index contributed by atoms with van der Waals surface area (Å²) < 4.78 is 1.86. The lowest BCUT2D eigenvalue weighted by Gasteiger charge is -2.34. The fourth-order valence-corrected chi connectivity index (χ4v) is 3.69. The summed E-state index contributed by atoms with van der Waals surface area (Å²) >= 11 is 6.21. The van der Waals surface area contributed by atoms with E-state index in [1.807, 2.05) is 30.7 Å². The number of imidazole rings is 1. The monoisotopic (exact) mass is 364 g/mol. The molecule has 1 aromatic heterocycles. The molecule has 3 rings (SSSR count). The van der Waals surface area contributed by atoms with Gasteiger partial charge < -0.3 is 19.9 Å². The SMILES string of the molecule is CC1CC(C(=O)O)CN(C(=O)NCc2nc3cccc(Cl)c3n2C)C1. The number of carboxylic acid groups (broad SMARTS) is 1. The third-order valence-corrected chi connectivity index (χ3v) is 4.94. The van der Waals surface area contributed by atoms with Crippen LogP contribution in [0.15, 0.2) is 18.2 Å². The first kappa shape index (κ1) is 17.5. The number of fused-ring (bicyclic) bond motifs is 1. The second kappa shape index (κ2) is 6.92. The van der Waals surface area contributed by atoms with Gasteiger partial charge >= 0.3 is 12.0 Å². The highest BCUT2D eigenvalue weighted by atomic mass is 35.5. The van der Waals surface area contributed by atoms with Crippen LogP contribution in [0.4, 0.5) is 4.79 Å². The quantitative estimate of drug-likeness (QED) is 0.875. The van der Waals surface area contributed by atoms with Gasteiger partial charge in [0.1, 0.15) is 5.82 Å². The van der Waals surface area contributed by atoms with Gasteiger partial charge in [-0.1, -0.05) is 24.6 Å². The lowest BCUT2D eigenvalue weighted by atomic mass is 9.91. The minimum absolute atomic E-state index is 0.162. The van der Waals surface area contributed by atoms with Gasteiger partial charge in [0.2, 0.25) is 0 Å². The number of urea groups is 1. The molecule has 0 aliphatic carbocycles. The Hall–Kier alpha value is -2.28. The van der Waals surface area contributed by atoms with E-state index in [2.05, 4.69) is 10.3 Å². The van der Waals surface area contributed by atoms with Crippen molar-refractivity contribution in [3.8, 4) is 0 Å². The van der Waals surface area contributed by atoms with Crippen molar-refractivity contribution in [1.82, 2.24) is 19.8 Å². The highest BCUT2D eigenvalue weighted by molar-refractivity contribution is 6.35.